The number of hydrogen-bond donors (Lipinski definition) is 5. The third kappa shape index (κ3) is 5.80. The Bertz CT molecular complexity index is 2000. The number of imide groups is 2. The summed E-state index contributed by atoms with van der Waals surface area (Å²) in [5, 5.41) is 32.7. The quantitative estimate of drug-likeness (QED) is 0.148. The van der Waals surface area contributed by atoms with Crippen LogP contribution in [0.15, 0.2) is 48.8 Å². The van der Waals surface area contributed by atoms with Crippen LogP contribution in [0.1, 0.15) is 76.9 Å². The van der Waals surface area contributed by atoms with Crippen LogP contribution in [-0.2, 0) is 9.59 Å². The summed E-state index contributed by atoms with van der Waals surface area (Å²) in [6, 6.07) is 10.00. The van der Waals surface area contributed by atoms with Crippen LogP contribution in [0.25, 0.3) is 22.3 Å². The van der Waals surface area contributed by atoms with Gasteiger partial charge in [-0.3, -0.25) is 39.1 Å². The van der Waals surface area contributed by atoms with Crippen molar-refractivity contribution < 1.29 is 29.4 Å². The van der Waals surface area contributed by atoms with E-state index < -0.39 is 35.8 Å². The second-order valence-electron chi connectivity index (χ2n) is 13.4. The molecule has 8 rings (SSSR count). The minimum atomic E-state index is -0.987. The minimum Gasteiger partial charge on any atom is -0.394 e. The molecular weight excluding hydrogens is 628 g/mol. The number of para-hydroxylation sites is 1. The lowest BCUT2D eigenvalue weighted by molar-refractivity contribution is -0.136. The van der Waals surface area contributed by atoms with Gasteiger partial charge in [0.15, 0.2) is 0 Å². The summed E-state index contributed by atoms with van der Waals surface area (Å²) in [6.45, 7) is 0.572. The zero-order chi connectivity index (χ0) is 33.8. The van der Waals surface area contributed by atoms with E-state index in [9.17, 15) is 24.3 Å². The molecule has 0 spiro atoms. The molecule has 0 bridgehead atoms. The van der Waals surface area contributed by atoms with Crippen LogP contribution in [0.5, 0.6) is 0 Å². The van der Waals surface area contributed by atoms with Crippen molar-refractivity contribution in [3.8, 4) is 11.3 Å². The molecular formula is C35H36N8O6. The zero-order valence-electron chi connectivity index (χ0n) is 26.6. The van der Waals surface area contributed by atoms with E-state index in [1.807, 2.05) is 18.2 Å². The molecule has 2 aliphatic carbocycles. The summed E-state index contributed by atoms with van der Waals surface area (Å²) in [7, 11) is 0. The molecule has 0 radical (unpaired) electrons. The highest BCUT2D eigenvalue weighted by molar-refractivity contribution is 6.23. The second-order valence-corrected chi connectivity index (χ2v) is 13.4. The number of aromatic nitrogens is 4. The first kappa shape index (κ1) is 31.1. The van der Waals surface area contributed by atoms with E-state index in [1.165, 1.54) is 0 Å². The number of amides is 4. The van der Waals surface area contributed by atoms with Crippen molar-refractivity contribution in [2.75, 3.05) is 30.3 Å². The van der Waals surface area contributed by atoms with E-state index in [0.29, 0.717) is 23.9 Å². The number of nitrogens with zero attached hydrogens (tertiary/aromatic N) is 5. The van der Waals surface area contributed by atoms with Gasteiger partial charge in [0, 0.05) is 42.9 Å². The Kier molecular flexibility index (Phi) is 7.83. The number of nitrogens with one attached hydrogen (secondary N) is 3. The smallest absolute Gasteiger partial charge is 0.262 e. The molecule has 2 aromatic carbocycles. The maximum absolute atomic E-state index is 13.2. The Morgan fingerprint density at radius 3 is 2.57 bits per heavy atom. The third-order valence-corrected chi connectivity index (χ3v) is 9.93. The lowest BCUT2D eigenvalue weighted by Gasteiger charge is -2.35. The van der Waals surface area contributed by atoms with Crippen LogP contribution in [0.2, 0.25) is 0 Å². The van der Waals surface area contributed by atoms with Gasteiger partial charge in [-0.1, -0.05) is 6.07 Å². The van der Waals surface area contributed by atoms with Gasteiger partial charge in [-0.2, -0.15) is 5.10 Å². The number of carbonyl (C=O) groups excluding carboxylic acids is 4. The Morgan fingerprint density at radius 1 is 0.980 bits per heavy atom. The highest BCUT2D eigenvalue weighted by Crippen LogP contribution is 2.46. The first-order chi connectivity index (χ1) is 23.8. The molecule has 4 aromatic rings. The third-order valence-electron chi connectivity index (χ3n) is 9.93. The Morgan fingerprint density at radius 2 is 1.80 bits per heavy atom. The molecule has 2 atom stereocenters. The standard InChI is InChI=1S/C35H36N8O6/c44-17-22(45)14-37-26-2-1-3-27-32(26)38-15-28(39-27)25-16-42(41-31(25)19-4-5-19)21-10-18(11-21)13-36-20-6-7-23-24(12-20)35(49)43(34(23)48)29-8-9-30(46)40-33(29)47/h1-3,6-7,12,15-16,18-19,21-22,29,36-37,44-45H,4-5,8-11,13-14,17H2,(H,40,46,47). The number of anilines is 2. The minimum absolute atomic E-state index is 0.0806. The summed E-state index contributed by atoms with van der Waals surface area (Å²) in [5.41, 5.74) is 6.23. The van der Waals surface area contributed by atoms with Gasteiger partial charge in [-0.25, -0.2) is 4.98 Å². The molecule has 1 saturated heterocycles. The number of carbonyl (C=O) groups is 4. The van der Waals surface area contributed by atoms with E-state index in [0.717, 1.165) is 64.4 Å². The van der Waals surface area contributed by atoms with Gasteiger partial charge < -0.3 is 20.8 Å². The number of aliphatic hydroxyl groups is 2. The topological polar surface area (TPSA) is 192 Å². The number of hydrogen-bond acceptors (Lipinski definition) is 11. The van der Waals surface area contributed by atoms with Gasteiger partial charge in [0.25, 0.3) is 11.8 Å². The lowest BCUT2D eigenvalue weighted by Crippen LogP contribution is -2.54. The normalized spacial score (nSPS) is 22.6. The maximum Gasteiger partial charge on any atom is 0.262 e. The van der Waals surface area contributed by atoms with Crippen LogP contribution < -0.4 is 16.0 Å². The van der Waals surface area contributed by atoms with Crippen LogP contribution in [0, 0.1) is 5.92 Å². The zero-order valence-corrected chi connectivity index (χ0v) is 26.6. The Balaban J connectivity index is 0.917. The molecule has 2 aliphatic heterocycles. The molecule has 2 saturated carbocycles. The van der Waals surface area contributed by atoms with E-state index >= 15 is 0 Å². The fourth-order valence-electron chi connectivity index (χ4n) is 6.98. The molecule has 2 unspecified atom stereocenters. The van der Waals surface area contributed by atoms with Crippen molar-refractivity contribution >= 4 is 46.0 Å². The van der Waals surface area contributed by atoms with Crippen LogP contribution in [0.3, 0.4) is 0 Å². The predicted octanol–water partition coefficient (Wildman–Crippen LogP) is 2.60. The number of aliphatic hydroxyl groups excluding tert-OH is 2. The van der Waals surface area contributed by atoms with Crippen molar-refractivity contribution in [3.05, 3.63) is 65.6 Å². The van der Waals surface area contributed by atoms with Crippen LogP contribution in [0.4, 0.5) is 11.4 Å². The van der Waals surface area contributed by atoms with Gasteiger partial charge in [0.2, 0.25) is 11.8 Å². The molecule has 49 heavy (non-hydrogen) atoms. The first-order valence-corrected chi connectivity index (χ1v) is 16.7. The summed E-state index contributed by atoms with van der Waals surface area (Å²) < 4.78 is 2.07. The van der Waals surface area contributed by atoms with Crippen LogP contribution >= 0.6 is 0 Å². The van der Waals surface area contributed by atoms with Crippen molar-refractivity contribution in [2.24, 2.45) is 5.92 Å². The van der Waals surface area contributed by atoms with Gasteiger partial charge in [0.1, 0.15) is 11.6 Å². The van der Waals surface area contributed by atoms with Crippen LogP contribution in [-0.4, -0.2) is 90.3 Å². The summed E-state index contributed by atoms with van der Waals surface area (Å²) in [4.78, 5) is 60.7. The van der Waals surface area contributed by atoms with Gasteiger partial charge in [0.05, 0.1) is 58.7 Å². The largest absolute Gasteiger partial charge is 0.394 e. The van der Waals surface area contributed by atoms with Crippen molar-refractivity contribution in [1.82, 2.24) is 30.0 Å². The Labute approximate surface area is 280 Å². The van der Waals surface area contributed by atoms with Gasteiger partial charge >= 0.3 is 0 Å². The van der Waals surface area contributed by atoms with E-state index in [2.05, 4.69) is 26.8 Å². The number of benzene rings is 2. The van der Waals surface area contributed by atoms with Gasteiger partial charge in [-0.15, -0.1) is 0 Å². The summed E-state index contributed by atoms with van der Waals surface area (Å²) in [5.74, 6) is -1.25. The maximum atomic E-state index is 13.2. The van der Waals surface area contributed by atoms with E-state index in [4.69, 9.17) is 20.2 Å². The van der Waals surface area contributed by atoms with Gasteiger partial charge in [-0.05, 0) is 68.4 Å². The molecule has 3 fully saturated rings. The Hall–Kier alpha value is -5.21. The first-order valence-electron chi connectivity index (χ1n) is 16.7. The average Bonchev–Trinajstić information content (AvgIpc) is 3.79. The monoisotopic (exact) mass is 664 g/mol. The summed E-state index contributed by atoms with van der Waals surface area (Å²) >= 11 is 0. The highest BCUT2D eigenvalue weighted by atomic mass is 16.3. The molecule has 4 heterocycles. The SMILES string of the molecule is O=C1CCC(N2C(=O)c3ccc(NCC4CC(n5cc(-c6cnc7c(NCC(O)CO)cccc7n6)c(C6CC6)n5)C4)cc3C2=O)C(=O)N1. The van der Waals surface area contributed by atoms with E-state index in [-0.39, 0.29) is 43.2 Å². The predicted molar refractivity (Wildman–Crippen MR) is 178 cm³/mol. The lowest BCUT2D eigenvalue weighted by atomic mass is 9.80. The molecule has 252 valence electrons. The van der Waals surface area contributed by atoms with E-state index in [1.54, 1.807) is 24.4 Å². The molecule has 14 heteroatoms. The average molecular weight is 665 g/mol. The molecule has 2 aromatic heterocycles. The summed E-state index contributed by atoms with van der Waals surface area (Å²) in [6.07, 6.45) is 7.27. The molecule has 4 aliphatic rings. The fourth-order valence-corrected chi connectivity index (χ4v) is 6.98. The molecule has 5 N–H and O–H groups in total. The molecule has 4 amide bonds. The fraction of sp³-hybridized carbons (Fsp3) is 0.400. The number of fused-ring (bicyclic) bond motifs is 2. The second kappa shape index (κ2) is 12.3. The molecule has 14 nitrogen and oxygen atoms in total. The van der Waals surface area contributed by atoms with Crippen molar-refractivity contribution in [3.63, 3.8) is 0 Å². The van der Waals surface area contributed by atoms with Crippen molar-refractivity contribution in [1.29, 1.82) is 0 Å². The number of rotatable bonds is 11. The van der Waals surface area contributed by atoms with Crippen molar-refractivity contribution in [2.45, 2.75) is 62.6 Å². The number of piperidine rings is 1. The highest BCUT2D eigenvalue weighted by Gasteiger charge is 2.44.